The average molecular weight is 571 g/mol. The molecule has 3 heterocycles. The Labute approximate surface area is 233 Å². The number of aliphatic hydroxyl groups excluding tert-OH is 1. The number of benzene rings is 1. The number of aromatic nitrogens is 4. The summed E-state index contributed by atoms with van der Waals surface area (Å²) in [5.74, 6) is 0.380. The van der Waals surface area contributed by atoms with Gasteiger partial charge in [-0.1, -0.05) is 17.7 Å². The van der Waals surface area contributed by atoms with Crippen LogP contribution in [0, 0.1) is 6.57 Å². The number of hydrogen-bond acceptors (Lipinski definition) is 8. The molecule has 0 unspecified atom stereocenters. The summed E-state index contributed by atoms with van der Waals surface area (Å²) in [4.78, 5) is 12.5. The summed E-state index contributed by atoms with van der Waals surface area (Å²) in [6.07, 6.45) is 9.94. The molecule has 1 aliphatic carbocycles. The molecule has 1 saturated heterocycles. The van der Waals surface area contributed by atoms with E-state index in [1.807, 2.05) is 18.2 Å². The van der Waals surface area contributed by atoms with Crippen LogP contribution in [0.2, 0.25) is 5.02 Å². The Bertz CT molecular complexity index is 1480. The summed E-state index contributed by atoms with van der Waals surface area (Å²) in [6.45, 7) is 9.07. The van der Waals surface area contributed by atoms with Gasteiger partial charge in [-0.2, -0.15) is 5.10 Å². The summed E-state index contributed by atoms with van der Waals surface area (Å²) in [5, 5.41) is 21.7. The Morgan fingerprint density at radius 1 is 1.21 bits per heavy atom. The van der Waals surface area contributed by atoms with Crippen molar-refractivity contribution >= 4 is 33.3 Å². The number of nitrogens with one attached hydrogen (secondary N) is 2. The first-order chi connectivity index (χ1) is 18.7. The largest absolute Gasteiger partial charge is 0.392 e. The van der Waals surface area contributed by atoms with E-state index < -0.39 is 10.0 Å². The highest BCUT2D eigenvalue weighted by Gasteiger charge is 2.26. The molecule has 0 radical (unpaired) electrons. The van der Waals surface area contributed by atoms with Gasteiger partial charge in [0, 0.05) is 49.7 Å². The lowest BCUT2D eigenvalue weighted by atomic mass is 10.1. The highest BCUT2D eigenvalue weighted by Crippen LogP contribution is 2.31. The van der Waals surface area contributed by atoms with Gasteiger partial charge in [-0.3, -0.25) is 0 Å². The standard InChI is InChI=1S/C26H31ClN8O3S/c1-28-22-15-30-26(32-19-8-10-34(11-9-19)39(2,37)38)33-25(22)18-14-31-35(16-18)23-7-6-17(12-20(23)27)13-29-21-4-3-5-24(21)36/h6-7,12,14-16,19,21,24,29,36H,3-5,8-11,13H2,2H3,(H,30,32,33)/t21-,24-/m0/s1. The first kappa shape index (κ1) is 27.5. The Balaban J connectivity index is 1.29. The molecule has 2 aliphatic rings. The van der Waals surface area contributed by atoms with Crippen molar-refractivity contribution < 1.29 is 13.5 Å². The molecule has 2 fully saturated rings. The van der Waals surface area contributed by atoms with Crippen LogP contribution in [0.1, 0.15) is 37.7 Å². The van der Waals surface area contributed by atoms with E-state index in [-0.39, 0.29) is 18.2 Å². The van der Waals surface area contributed by atoms with Crippen molar-refractivity contribution in [3.63, 3.8) is 0 Å². The van der Waals surface area contributed by atoms with Crippen molar-refractivity contribution in [2.45, 2.75) is 56.8 Å². The zero-order valence-corrected chi connectivity index (χ0v) is 23.2. The average Bonchev–Trinajstić information content (AvgIpc) is 3.56. The van der Waals surface area contributed by atoms with Crippen LogP contribution in [0.3, 0.4) is 0 Å². The summed E-state index contributed by atoms with van der Waals surface area (Å²) >= 11 is 6.61. The molecule has 1 saturated carbocycles. The number of anilines is 1. The molecule has 13 heteroatoms. The van der Waals surface area contributed by atoms with Gasteiger partial charge in [0.05, 0.1) is 41.5 Å². The minimum Gasteiger partial charge on any atom is -0.392 e. The second-order valence-electron chi connectivity index (χ2n) is 10.1. The maximum Gasteiger partial charge on any atom is 0.231 e. The molecule has 0 bridgehead atoms. The molecule has 1 aromatic carbocycles. The third-order valence-corrected chi connectivity index (χ3v) is 8.91. The Kier molecular flexibility index (Phi) is 8.16. The molecular formula is C26H31ClN8O3S. The third-order valence-electron chi connectivity index (χ3n) is 7.31. The van der Waals surface area contributed by atoms with Crippen LogP contribution in [0.5, 0.6) is 0 Å². The van der Waals surface area contributed by atoms with Gasteiger partial charge in [0.2, 0.25) is 21.7 Å². The fourth-order valence-corrected chi connectivity index (χ4v) is 6.27. The zero-order chi connectivity index (χ0) is 27.6. The van der Waals surface area contributed by atoms with Gasteiger partial charge >= 0.3 is 0 Å². The molecule has 206 valence electrons. The topological polar surface area (TPSA) is 130 Å². The van der Waals surface area contributed by atoms with E-state index in [4.69, 9.17) is 18.2 Å². The van der Waals surface area contributed by atoms with Gasteiger partial charge < -0.3 is 15.7 Å². The van der Waals surface area contributed by atoms with Crippen molar-refractivity contribution in [1.29, 1.82) is 0 Å². The highest BCUT2D eigenvalue weighted by molar-refractivity contribution is 7.88. The minimum absolute atomic E-state index is 0.0288. The predicted molar refractivity (Wildman–Crippen MR) is 149 cm³/mol. The first-order valence-corrected chi connectivity index (χ1v) is 15.2. The lowest BCUT2D eigenvalue weighted by molar-refractivity contribution is 0.148. The number of nitrogens with zero attached hydrogens (tertiary/aromatic N) is 6. The molecule has 3 N–H and O–H groups in total. The molecule has 3 aromatic rings. The van der Waals surface area contributed by atoms with Crippen molar-refractivity contribution in [1.82, 2.24) is 29.4 Å². The summed E-state index contributed by atoms with van der Waals surface area (Å²) in [6, 6.07) is 5.90. The Morgan fingerprint density at radius 3 is 2.67 bits per heavy atom. The van der Waals surface area contributed by atoms with E-state index in [2.05, 4.69) is 30.5 Å². The maximum absolute atomic E-state index is 11.8. The van der Waals surface area contributed by atoms with E-state index in [0.717, 1.165) is 24.8 Å². The Hall–Kier alpha value is -3.08. The summed E-state index contributed by atoms with van der Waals surface area (Å²) in [7, 11) is -3.20. The van der Waals surface area contributed by atoms with Gasteiger partial charge in [0.15, 0.2) is 0 Å². The quantitative estimate of drug-likeness (QED) is 0.352. The summed E-state index contributed by atoms with van der Waals surface area (Å²) in [5.41, 5.74) is 3.11. The van der Waals surface area contributed by atoms with Gasteiger partial charge in [0.25, 0.3) is 0 Å². The summed E-state index contributed by atoms with van der Waals surface area (Å²) < 4.78 is 26.7. The lowest BCUT2D eigenvalue weighted by Gasteiger charge is -2.30. The van der Waals surface area contributed by atoms with E-state index in [0.29, 0.717) is 66.1 Å². The first-order valence-electron chi connectivity index (χ1n) is 12.9. The molecule has 2 aromatic heterocycles. The smallest absolute Gasteiger partial charge is 0.231 e. The van der Waals surface area contributed by atoms with E-state index in [1.54, 1.807) is 17.1 Å². The SMILES string of the molecule is [C-]#[N+]c1cnc(NC2CCN(S(C)(=O)=O)CC2)nc1-c1cnn(-c2ccc(CN[C@H]3CCC[C@@H]3O)cc2Cl)c1. The Morgan fingerprint density at radius 2 is 2.00 bits per heavy atom. The molecule has 5 rings (SSSR count). The van der Waals surface area contributed by atoms with Crippen LogP contribution < -0.4 is 10.6 Å². The molecule has 1 aliphatic heterocycles. The molecular weight excluding hydrogens is 540 g/mol. The van der Waals surface area contributed by atoms with Gasteiger partial charge in [0.1, 0.15) is 0 Å². The van der Waals surface area contributed by atoms with Crippen molar-refractivity contribution in [3.05, 3.63) is 58.8 Å². The van der Waals surface area contributed by atoms with Crippen LogP contribution in [-0.4, -0.2) is 75.1 Å². The molecule has 0 amide bonds. The maximum atomic E-state index is 11.8. The molecule has 39 heavy (non-hydrogen) atoms. The number of halogens is 1. The molecule has 0 spiro atoms. The van der Waals surface area contributed by atoms with Crippen LogP contribution in [-0.2, 0) is 16.6 Å². The molecule has 2 atom stereocenters. The number of sulfonamides is 1. The van der Waals surface area contributed by atoms with Crippen LogP contribution >= 0.6 is 11.6 Å². The zero-order valence-electron chi connectivity index (χ0n) is 21.6. The van der Waals surface area contributed by atoms with E-state index in [1.165, 1.54) is 16.8 Å². The van der Waals surface area contributed by atoms with Gasteiger partial charge in [-0.05, 0) is 49.8 Å². The lowest BCUT2D eigenvalue weighted by Crippen LogP contribution is -2.42. The molecule has 11 nitrogen and oxygen atoms in total. The van der Waals surface area contributed by atoms with Crippen LogP contribution in [0.25, 0.3) is 21.8 Å². The normalized spacial score (nSPS) is 20.7. The number of aliphatic hydroxyl groups is 1. The second kappa shape index (κ2) is 11.6. The predicted octanol–water partition coefficient (Wildman–Crippen LogP) is 3.37. The second-order valence-corrected chi connectivity index (χ2v) is 12.5. The monoisotopic (exact) mass is 570 g/mol. The van der Waals surface area contributed by atoms with E-state index >= 15 is 0 Å². The number of hydrogen-bond donors (Lipinski definition) is 3. The number of rotatable bonds is 8. The van der Waals surface area contributed by atoms with E-state index in [9.17, 15) is 13.5 Å². The van der Waals surface area contributed by atoms with Crippen LogP contribution in [0.15, 0.2) is 36.8 Å². The minimum atomic E-state index is -3.20. The third kappa shape index (κ3) is 6.40. The van der Waals surface area contributed by atoms with Crippen LogP contribution in [0.4, 0.5) is 11.6 Å². The van der Waals surface area contributed by atoms with Gasteiger partial charge in [-0.25, -0.2) is 32.2 Å². The fraction of sp³-hybridized carbons (Fsp3) is 0.462. The van der Waals surface area contributed by atoms with Gasteiger partial charge in [-0.15, -0.1) is 0 Å². The fourth-order valence-electron chi connectivity index (χ4n) is 5.10. The van der Waals surface area contributed by atoms with Crippen molar-refractivity contribution in [2.75, 3.05) is 24.7 Å². The van der Waals surface area contributed by atoms with Crippen molar-refractivity contribution in [2.24, 2.45) is 0 Å². The number of piperidine rings is 1. The highest BCUT2D eigenvalue weighted by atomic mass is 35.5. The van der Waals surface area contributed by atoms with Crippen molar-refractivity contribution in [3.8, 4) is 16.9 Å².